The number of rotatable bonds is 4. The zero-order valence-corrected chi connectivity index (χ0v) is 9.29. The highest BCUT2D eigenvalue weighted by atomic mass is 16.3. The Hall–Kier alpha value is -0.570. The number of hydrogen-bond donors (Lipinski definition) is 2. The first-order chi connectivity index (χ1) is 6.54. The van der Waals surface area contributed by atoms with E-state index in [0.717, 1.165) is 12.8 Å². The van der Waals surface area contributed by atoms with E-state index in [9.17, 15) is 4.79 Å². The summed E-state index contributed by atoms with van der Waals surface area (Å²) < 4.78 is 0. The molecule has 1 saturated carbocycles. The van der Waals surface area contributed by atoms with Gasteiger partial charge in [-0.25, -0.2) is 0 Å². The highest BCUT2D eigenvalue weighted by Crippen LogP contribution is 2.27. The molecule has 82 valence electrons. The van der Waals surface area contributed by atoms with Crippen LogP contribution in [0.5, 0.6) is 0 Å². The molecule has 0 spiro atoms. The first-order valence-corrected chi connectivity index (χ1v) is 5.45. The third-order valence-electron chi connectivity index (χ3n) is 3.25. The van der Waals surface area contributed by atoms with Crippen LogP contribution in [-0.4, -0.2) is 23.7 Å². The van der Waals surface area contributed by atoms with Gasteiger partial charge >= 0.3 is 0 Å². The normalized spacial score (nSPS) is 28.4. The molecule has 0 aromatic carbocycles. The van der Waals surface area contributed by atoms with Gasteiger partial charge in [-0.1, -0.05) is 20.8 Å². The van der Waals surface area contributed by atoms with Crippen molar-refractivity contribution in [2.75, 3.05) is 6.61 Å². The lowest BCUT2D eigenvalue weighted by Crippen LogP contribution is -2.47. The van der Waals surface area contributed by atoms with Crippen molar-refractivity contribution < 1.29 is 9.90 Å². The van der Waals surface area contributed by atoms with E-state index in [4.69, 9.17) is 5.11 Å². The molecule has 1 amide bonds. The topological polar surface area (TPSA) is 49.3 Å². The fourth-order valence-electron chi connectivity index (χ4n) is 1.64. The van der Waals surface area contributed by atoms with E-state index in [2.05, 4.69) is 19.2 Å². The van der Waals surface area contributed by atoms with Crippen LogP contribution in [0.2, 0.25) is 0 Å². The number of aliphatic hydroxyl groups is 1. The number of hydrogen-bond acceptors (Lipinski definition) is 2. The highest BCUT2D eigenvalue weighted by molar-refractivity contribution is 5.78. The van der Waals surface area contributed by atoms with E-state index >= 15 is 0 Å². The molecule has 0 aromatic rings. The van der Waals surface area contributed by atoms with Crippen molar-refractivity contribution in [1.29, 1.82) is 0 Å². The number of amides is 1. The zero-order valence-electron chi connectivity index (χ0n) is 9.29. The Bertz CT molecular complexity index is 197. The van der Waals surface area contributed by atoms with Crippen LogP contribution in [0.15, 0.2) is 0 Å². The minimum Gasteiger partial charge on any atom is -0.396 e. The Balaban J connectivity index is 2.22. The number of carbonyl (C=O) groups excluding carboxylic acids is 1. The fourth-order valence-corrected chi connectivity index (χ4v) is 1.64. The van der Waals surface area contributed by atoms with Crippen LogP contribution in [0.1, 0.15) is 33.6 Å². The Morgan fingerprint density at radius 2 is 2.00 bits per heavy atom. The second kappa shape index (κ2) is 4.78. The Kier molecular flexibility index (Phi) is 3.93. The summed E-state index contributed by atoms with van der Waals surface area (Å²) in [5.74, 6) is 1.04. The summed E-state index contributed by atoms with van der Waals surface area (Å²) in [6, 6.07) is 0.306. The van der Waals surface area contributed by atoms with Gasteiger partial charge in [-0.15, -0.1) is 0 Å². The minimum atomic E-state index is 0.0863. The molecule has 1 rings (SSSR count). The number of carbonyl (C=O) groups is 1. The van der Waals surface area contributed by atoms with Crippen LogP contribution in [0.25, 0.3) is 0 Å². The molecule has 3 nitrogen and oxygen atoms in total. The molecule has 0 aliphatic heterocycles. The molecule has 0 bridgehead atoms. The molecule has 1 aliphatic rings. The molecule has 1 fully saturated rings. The average Bonchev–Trinajstić information content (AvgIpc) is 2.08. The lowest BCUT2D eigenvalue weighted by atomic mass is 9.80. The molecule has 0 aromatic heterocycles. The molecule has 1 atom stereocenters. The Morgan fingerprint density at radius 3 is 2.43 bits per heavy atom. The summed E-state index contributed by atoms with van der Waals surface area (Å²) in [5.41, 5.74) is 0. The molecular formula is C11H21NO2. The molecule has 0 radical (unpaired) electrons. The van der Waals surface area contributed by atoms with Gasteiger partial charge in [-0.05, 0) is 24.7 Å². The third kappa shape index (κ3) is 2.71. The van der Waals surface area contributed by atoms with E-state index in [1.807, 2.05) is 6.92 Å². The van der Waals surface area contributed by atoms with Crippen LogP contribution in [-0.2, 0) is 4.79 Å². The standard InChI is InChI=1S/C11H21NO2/c1-7(2)8(3)11(14)12-10-4-9(5-10)6-13/h7-10,13H,4-6H2,1-3H3,(H,12,14). The first kappa shape index (κ1) is 11.5. The van der Waals surface area contributed by atoms with Crippen LogP contribution in [0, 0.1) is 17.8 Å². The van der Waals surface area contributed by atoms with Crippen LogP contribution < -0.4 is 5.32 Å². The van der Waals surface area contributed by atoms with Crippen LogP contribution >= 0.6 is 0 Å². The summed E-state index contributed by atoms with van der Waals surface area (Å²) >= 11 is 0. The van der Waals surface area contributed by atoms with Crippen molar-refractivity contribution in [3.8, 4) is 0 Å². The van der Waals surface area contributed by atoms with Gasteiger partial charge < -0.3 is 10.4 Å². The monoisotopic (exact) mass is 199 g/mol. The largest absolute Gasteiger partial charge is 0.396 e. The zero-order chi connectivity index (χ0) is 10.7. The molecule has 0 heterocycles. The fraction of sp³-hybridized carbons (Fsp3) is 0.909. The van der Waals surface area contributed by atoms with E-state index in [0.29, 0.717) is 17.9 Å². The van der Waals surface area contributed by atoms with Crippen molar-refractivity contribution in [2.45, 2.75) is 39.7 Å². The molecule has 14 heavy (non-hydrogen) atoms. The second-order valence-electron chi connectivity index (χ2n) is 4.76. The van der Waals surface area contributed by atoms with Gasteiger partial charge in [0.25, 0.3) is 0 Å². The summed E-state index contributed by atoms with van der Waals surface area (Å²) in [5, 5.41) is 11.8. The lowest BCUT2D eigenvalue weighted by Gasteiger charge is -2.35. The maximum Gasteiger partial charge on any atom is 0.223 e. The minimum absolute atomic E-state index is 0.0863. The molecule has 1 unspecified atom stereocenters. The maximum absolute atomic E-state index is 11.6. The number of nitrogens with one attached hydrogen (secondary N) is 1. The highest BCUT2D eigenvalue weighted by Gasteiger charge is 2.30. The van der Waals surface area contributed by atoms with Gasteiger partial charge in [0.1, 0.15) is 0 Å². The molecular weight excluding hydrogens is 178 g/mol. The van der Waals surface area contributed by atoms with Crippen LogP contribution in [0.3, 0.4) is 0 Å². The predicted molar refractivity (Wildman–Crippen MR) is 55.7 cm³/mol. The van der Waals surface area contributed by atoms with Gasteiger partial charge in [0.05, 0.1) is 0 Å². The smallest absolute Gasteiger partial charge is 0.223 e. The Labute approximate surface area is 85.9 Å². The van der Waals surface area contributed by atoms with Gasteiger partial charge in [-0.3, -0.25) is 4.79 Å². The SMILES string of the molecule is CC(C)C(C)C(=O)NC1CC(CO)C1. The number of aliphatic hydroxyl groups excluding tert-OH is 1. The molecule has 1 aliphatic carbocycles. The van der Waals surface area contributed by atoms with Crippen molar-refractivity contribution in [3.05, 3.63) is 0 Å². The van der Waals surface area contributed by atoms with E-state index < -0.39 is 0 Å². The van der Waals surface area contributed by atoms with E-state index in [1.54, 1.807) is 0 Å². The quantitative estimate of drug-likeness (QED) is 0.714. The van der Waals surface area contributed by atoms with Crippen molar-refractivity contribution in [1.82, 2.24) is 5.32 Å². The summed E-state index contributed by atoms with van der Waals surface area (Å²) in [4.78, 5) is 11.6. The first-order valence-electron chi connectivity index (χ1n) is 5.45. The molecule has 0 saturated heterocycles. The summed E-state index contributed by atoms with van der Waals surface area (Å²) in [6.45, 7) is 6.33. The third-order valence-corrected chi connectivity index (χ3v) is 3.25. The van der Waals surface area contributed by atoms with Crippen molar-refractivity contribution in [3.63, 3.8) is 0 Å². The van der Waals surface area contributed by atoms with Gasteiger partial charge in [0.2, 0.25) is 5.91 Å². The average molecular weight is 199 g/mol. The van der Waals surface area contributed by atoms with E-state index in [1.165, 1.54) is 0 Å². The van der Waals surface area contributed by atoms with Gasteiger partial charge in [0, 0.05) is 18.6 Å². The summed E-state index contributed by atoms with van der Waals surface area (Å²) in [6.07, 6.45) is 1.88. The van der Waals surface area contributed by atoms with Crippen molar-refractivity contribution in [2.24, 2.45) is 17.8 Å². The maximum atomic E-state index is 11.6. The Morgan fingerprint density at radius 1 is 1.43 bits per heavy atom. The summed E-state index contributed by atoms with van der Waals surface area (Å²) in [7, 11) is 0. The van der Waals surface area contributed by atoms with Gasteiger partial charge in [0.15, 0.2) is 0 Å². The van der Waals surface area contributed by atoms with Crippen LogP contribution in [0.4, 0.5) is 0 Å². The van der Waals surface area contributed by atoms with Gasteiger partial charge in [-0.2, -0.15) is 0 Å². The van der Waals surface area contributed by atoms with Crippen molar-refractivity contribution >= 4 is 5.91 Å². The lowest BCUT2D eigenvalue weighted by molar-refractivity contribution is -0.127. The molecule has 3 heteroatoms. The van der Waals surface area contributed by atoms with E-state index in [-0.39, 0.29) is 18.4 Å². The molecule has 2 N–H and O–H groups in total. The predicted octanol–water partition coefficient (Wildman–Crippen LogP) is 1.17. The second-order valence-corrected chi connectivity index (χ2v) is 4.76.